The second-order valence-corrected chi connectivity index (χ2v) is 7.86. The van der Waals surface area contributed by atoms with E-state index in [1.54, 1.807) is 6.92 Å². The Morgan fingerprint density at radius 2 is 2.05 bits per heavy atom. The number of para-hydroxylation sites is 1. The summed E-state index contributed by atoms with van der Waals surface area (Å²) in [6, 6.07) is 7.72. The van der Waals surface area contributed by atoms with Crippen molar-refractivity contribution >= 4 is 21.6 Å². The maximum atomic E-state index is 12.5. The van der Waals surface area contributed by atoms with E-state index in [-0.39, 0.29) is 24.1 Å². The fraction of sp³-hybridized carbons (Fsp3) is 0.562. The molecule has 1 aromatic rings. The van der Waals surface area contributed by atoms with E-state index in [1.165, 1.54) is 4.31 Å². The lowest BCUT2D eigenvalue weighted by Crippen LogP contribution is -2.44. The first-order valence-electron chi connectivity index (χ1n) is 7.84. The minimum Gasteiger partial charge on any atom is -0.326 e. The van der Waals surface area contributed by atoms with Gasteiger partial charge in [0.15, 0.2) is 0 Å². The molecule has 122 valence electrons. The van der Waals surface area contributed by atoms with E-state index in [4.69, 9.17) is 0 Å². The summed E-state index contributed by atoms with van der Waals surface area (Å²) in [6.45, 7) is 4.49. The predicted molar refractivity (Wildman–Crippen MR) is 88.2 cm³/mol. The molecule has 1 fully saturated rings. The van der Waals surface area contributed by atoms with Gasteiger partial charge in [0.25, 0.3) is 0 Å². The molecule has 0 aromatic heterocycles. The van der Waals surface area contributed by atoms with Gasteiger partial charge in [-0.15, -0.1) is 0 Å². The number of amides is 1. The fourth-order valence-electron chi connectivity index (χ4n) is 2.78. The van der Waals surface area contributed by atoms with Gasteiger partial charge in [-0.1, -0.05) is 25.1 Å². The monoisotopic (exact) mass is 324 g/mol. The molecule has 6 heteroatoms. The van der Waals surface area contributed by atoms with E-state index in [1.807, 2.05) is 31.2 Å². The van der Waals surface area contributed by atoms with E-state index in [2.05, 4.69) is 5.32 Å². The van der Waals surface area contributed by atoms with Crippen molar-refractivity contribution in [1.29, 1.82) is 0 Å². The first kappa shape index (κ1) is 17.0. The maximum Gasteiger partial charge on any atom is 0.228 e. The molecule has 1 amide bonds. The zero-order chi connectivity index (χ0) is 16.2. The van der Waals surface area contributed by atoms with Crippen LogP contribution in [0.5, 0.6) is 0 Å². The number of hydrogen-bond acceptors (Lipinski definition) is 3. The average molecular weight is 324 g/mol. The fourth-order valence-corrected chi connectivity index (χ4v) is 3.96. The summed E-state index contributed by atoms with van der Waals surface area (Å²) in [5, 5.41) is 2.96. The highest BCUT2D eigenvalue weighted by Crippen LogP contribution is 2.22. The Bertz CT molecular complexity index is 628. The number of hydrogen-bond donors (Lipinski definition) is 1. The number of sulfonamides is 1. The number of benzene rings is 1. The SMILES string of the molecule is CCc1ccccc1NC(=O)[C@@H]1CCCN(S(=O)(=O)CC)C1. The standard InChI is InChI=1S/C16H24N2O3S/c1-3-13-8-5-6-10-15(13)17-16(19)14-9-7-11-18(12-14)22(20,21)4-2/h5-6,8,10,14H,3-4,7,9,11-12H2,1-2H3,(H,17,19)/t14-/m1/s1. The Hall–Kier alpha value is -1.40. The van der Waals surface area contributed by atoms with Crippen molar-refractivity contribution in [1.82, 2.24) is 4.31 Å². The summed E-state index contributed by atoms with van der Waals surface area (Å²) in [7, 11) is -3.22. The smallest absolute Gasteiger partial charge is 0.228 e. The highest BCUT2D eigenvalue weighted by molar-refractivity contribution is 7.89. The topological polar surface area (TPSA) is 66.5 Å². The molecule has 1 aromatic carbocycles. The third-order valence-electron chi connectivity index (χ3n) is 4.17. The van der Waals surface area contributed by atoms with Crippen LogP contribution in [-0.2, 0) is 21.2 Å². The molecule has 0 bridgehead atoms. The van der Waals surface area contributed by atoms with Gasteiger partial charge in [0, 0.05) is 18.8 Å². The van der Waals surface area contributed by atoms with Crippen LogP contribution in [0.2, 0.25) is 0 Å². The summed E-state index contributed by atoms with van der Waals surface area (Å²) in [6.07, 6.45) is 2.31. The largest absolute Gasteiger partial charge is 0.326 e. The Morgan fingerprint density at radius 3 is 2.73 bits per heavy atom. The van der Waals surface area contributed by atoms with Gasteiger partial charge >= 0.3 is 0 Å². The van der Waals surface area contributed by atoms with Crippen LogP contribution >= 0.6 is 0 Å². The summed E-state index contributed by atoms with van der Waals surface area (Å²) >= 11 is 0. The Balaban J connectivity index is 2.06. The van der Waals surface area contributed by atoms with Gasteiger partial charge in [0.2, 0.25) is 15.9 Å². The minimum absolute atomic E-state index is 0.0833. The Morgan fingerprint density at radius 1 is 1.32 bits per heavy atom. The van der Waals surface area contributed by atoms with E-state index in [0.717, 1.165) is 30.5 Å². The first-order valence-corrected chi connectivity index (χ1v) is 9.45. The van der Waals surface area contributed by atoms with Crippen molar-refractivity contribution in [3.63, 3.8) is 0 Å². The zero-order valence-electron chi connectivity index (χ0n) is 13.2. The number of rotatable bonds is 5. The van der Waals surface area contributed by atoms with Crippen molar-refractivity contribution in [3.8, 4) is 0 Å². The third kappa shape index (κ3) is 3.87. The van der Waals surface area contributed by atoms with E-state index in [9.17, 15) is 13.2 Å². The van der Waals surface area contributed by atoms with Crippen LogP contribution in [0, 0.1) is 5.92 Å². The molecule has 1 heterocycles. The highest BCUT2D eigenvalue weighted by Gasteiger charge is 2.31. The maximum absolute atomic E-state index is 12.5. The molecule has 1 N–H and O–H groups in total. The summed E-state index contributed by atoms with van der Waals surface area (Å²) in [5.41, 5.74) is 1.91. The molecule has 0 aliphatic carbocycles. The summed E-state index contributed by atoms with van der Waals surface area (Å²) in [5.74, 6) is -0.281. The van der Waals surface area contributed by atoms with E-state index in [0.29, 0.717) is 6.54 Å². The number of carbonyl (C=O) groups excluding carboxylic acids is 1. The molecule has 1 atom stereocenters. The third-order valence-corrected chi connectivity index (χ3v) is 6.02. The van der Waals surface area contributed by atoms with Gasteiger partial charge in [-0.2, -0.15) is 0 Å². The zero-order valence-corrected chi connectivity index (χ0v) is 14.0. The quantitative estimate of drug-likeness (QED) is 0.903. The number of carbonyl (C=O) groups is 1. The van der Waals surface area contributed by atoms with Crippen molar-refractivity contribution in [2.45, 2.75) is 33.1 Å². The molecule has 1 aliphatic heterocycles. The van der Waals surface area contributed by atoms with E-state index >= 15 is 0 Å². The molecule has 0 radical (unpaired) electrons. The molecule has 0 saturated carbocycles. The van der Waals surface area contributed by atoms with Gasteiger partial charge in [0.1, 0.15) is 0 Å². The Labute approximate surface area is 132 Å². The number of nitrogens with one attached hydrogen (secondary N) is 1. The highest BCUT2D eigenvalue weighted by atomic mass is 32.2. The van der Waals surface area contributed by atoms with Crippen molar-refractivity contribution in [3.05, 3.63) is 29.8 Å². The minimum atomic E-state index is -3.22. The van der Waals surface area contributed by atoms with Gasteiger partial charge in [-0.25, -0.2) is 12.7 Å². The normalized spacial score (nSPS) is 19.8. The van der Waals surface area contributed by atoms with Crippen molar-refractivity contribution < 1.29 is 13.2 Å². The van der Waals surface area contributed by atoms with Crippen molar-refractivity contribution in [2.75, 3.05) is 24.2 Å². The van der Waals surface area contributed by atoms with Crippen LogP contribution < -0.4 is 5.32 Å². The van der Waals surface area contributed by atoms with Gasteiger partial charge in [-0.05, 0) is 37.8 Å². The van der Waals surface area contributed by atoms with Crippen LogP contribution in [0.4, 0.5) is 5.69 Å². The number of anilines is 1. The van der Waals surface area contributed by atoms with Crippen LogP contribution in [0.15, 0.2) is 24.3 Å². The molecule has 22 heavy (non-hydrogen) atoms. The van der Waals surface area contributed by atoms with Crippen LogP contribution in [0.1, 0.15) is 32.3 Å². The second kappa shape index (κ2) is 7.24. The lowest BCUT2D eigenvalue weighted by molar-refractivity contribution is -0.120. The number of nitrogens with zero attached hydrogens (tertiary/aromatic N) is 1. The van der Waals surface area contributed by atoms with E-state index < -0.39 is 10.0 Å². The molecule has 2 rings (SSSR count). The molecule has 5 nitrogen and oxygen atoms in total. The second-order valence-electron chi connectivity index (χ2n) is 5.60. The van der Waals surface area contributed by atoms with Crippen LogP contribution in [0.25, 0.3) is 0 Å². The van der Waals surface area contributed by atoms with Crippen molar-refractivity contribution in [2.24, 2.45) is 5.92 Å². The summed E-state index contributed by atoms with van der Waals surface area (Å²) in [4.78, 5) is 12.5. The van der Waals surface area contributed by atoms with Gasteiger partial charge in [-0.3, -0.25) is 4.79 Å². The van der Waals surface area contributed by atoms with Gasteiger partial charge < -0.3 is 5.32 Å². The molecular formula is C16H24N2O3S. The number of piperidine rings is 1. The lowest BCUT2D eigenvalue weighted by Gasteiger charge is -2.31. The molecule has 1 aliphatic rings. The number of aryl methyl sites for hydroxylation is 1. The average Bonchev–Trinajstić information content (AvgIpc) is 2.55. The molecule has 0 unspecified atom stereocenters. The van der Waals surface area contributed by atoms with Crippen LogP contribution in [0.3, 0.4) is 0 Å². The molecule has 0 spiro atoms. The molecular weight excluding hydrogens is 300 g/mol. The van der Waals surface area contributed by atoms with Gasteiger partial charge in [0.05, 0.1) is 11.7 Å². The predicted octanol–water partition coefficient (Wildman–Crippen LogP) is 2.25. The lowest BCUT2D eigenvalue weighted by atomic mass is 9.98. The summed E-state index contributed by atoms with van der Waals surface area (Å²) < 4.78 is 25.4. The molecule has 1 saturated heterocycles. The Kier molecular flexibility index (Phi) is 5.58. The first-order chi connectivity index (χ1) is 10.5. The van der Waals surface area contributed by atoms with Crippen LogP contribution in [-0.4, -0.2) is 37.5 Å².